The van der Waals surface area contributed by atoms with E-state index >= 15 is 0 Å². The molecule has 0 saturated heterocycles. The highest BCUT2D eigenvalue weighted by Crippen LogP contribution is 2.51. The third kappa shape index (κ3) is 2.09. The van der Waals surface area contributed by atoms with Gasteiger partial charge in [0, 0.05) is 0 Å². The van der Waals surface area contributed by atoms with Crippen LogP contribution in [0.4, 0.5) is 0 Å². The number of benzene rings is 1. The van der Waals surface area contributed by atoms with Crippen molar-refractivity contribution >= 4 is 0 Å². The summed E-state index contributed by atoms with van der Waals surface area (Å²) >= 11 is 0. The van der Waals surface area contributed by atoms with Crippen LogP contribution >= 0.6 is 0 Å². The maximum absolute atomic E-state index is 2.66. The third-order valence-corrected chi connectivity index (χ3v) is 3.99. The summed E-state index contributed by atoms with van der Waals surface area (Å²) in [7, 11) is 0. The summed E-state index contributed by atoms with van der Waals surface area (Å²) in [6.45, 7) is 0. The van der Waals surface area contributed by atoms with E-state index in [0.29, 0.717) is 0 Å². The van der Waals surface area contributed by atoms with Crippen LogP contribution in [0.1, 0.15) is 43.6 Å². The van der Waals surface area contributed by atoms with Gasteiger partial charge in [0.1, 0.15) is 0 Å². The normalized spacial score (nSPS) is 30.7. The fourth-order valence-electron chi connectivity index (χ4n) is 3.01. The van der Waals surface area contributed by atoms with Crippen molar-refractivity contribution in [2.45, 2.75) is 38.0 Å². The van der Waals surface area contributed by atoms with Gasteiger partial charge in [-0.25, -0.2) is 0 Å². The zero-order valence-electron chi connectivity index (χ0n) is 9.23. The minimum absolute atomic E-state index is 0.854. The van der Waals surface area contributed by atoms with E-state index < -0.39 is 0 Å². The summed E-state index contributed by atoms with van der Waals surface area (Å²) in [6.07, 6.45) is 9.90. The second-order valence-corrected chi connectivity index (χ2v) is 5.15. The van der Waals surface area contributed by atoms with Crippen LogP contribution in [-0.2, 0) is 0 Å². The highest BCUT2D eigenvalue weighted by molar-refractivity contribution is 5.27. The van der Waals surface area contributed by atoms with Crippen LogP contribution in [0.3, 0.4) is 0 Å². The fourth-order valence-corrected chi connectivity index (χ4v) is 3.01. The lowest BCUT2D eigenvalue weighted by atomic mass is 9.98. The largest absolute Gasteiger partial charge is 0.0622 e. The molecule has 2 fully saturated rings. The molecule has 1 aromatic carbocycles. The second-order valence-electron chi connectivity index (χ2n) is 5.15. The molecule has 2 atom stereocenters. The highest BCUT2D eigenvalue weighted by Gasteiger charge is 2.39. The lowest BCUT2D eigenvalue weighted by Gasteiger charge is -2.07. The van der Waals surface area contributed by atoms with Gasteiger partial charge in [-0.3, -0.25) is 0 Å². The lowest BCUT2D eigenvalue weighted by molar-refractivity contribution is 0.590. The Morgan fingerprint density at radius 3 is 2.47 bits per heavy atom. The Kier molecular flexibility index (Phi) is 2.52. The van der Waals surface area contributed by atoms with Crippen LogP contribution < -0.4 is 0 Å². The Balaban J connectivity index is 1.55. The molecule has 0 heteroatoms. The minimum Gasteiger partial charge on any atom is -0.0622 e. The molecule has 2 aliphatic carbocycles. The van der Waals surface area contributed by atoms with Crippen LogP contribution in [0.15, 0.2) is 30.3 Å². The summed E-state index contributed by atoms with van der Waals surface area (Å²) in [5.74, 6) is 2.70. The molecule has 2 aliphatic rings. The Hall–Kier alpha value is -0.780. The van der Waals surface area contributed by atoms with E-state index in [0.717, 1.165) is 17.8 Å². The molecule has 0 N–H and O–H groups in total. The molecule has 79 valence electrons. The van der Waals surface area contributed by atoms with E-state index in [2.05, 4.69) is 36.8 Å². The Morgan fingerprint density at radius 1 is 1.00 bits per heavy atom. The highest BCUT2D eigenvalue weighted by atomic mass is 14.4. The molecular weight excluding hydrogens is 180 g/mol. The first-order chi connectivity index (χ1) is 7.43. The van der Waals surface area contributed by atoms with Crippen molar-refractivity contribution in [3.8, 4) is 0 Å². The molecule has 15 heavy (non-hydrogen) atoms. The lowest BCUT2D eigenvalue weighted by Crippen LogP contribution is -1.96. The van der Waals surface area contributed by atoms with E-state index in [1.165, 1.54) is 32.1 Å². The summed E-state index contributed by atoms with van der Waals surface area (Å²) < 4.78 is 0. The molecule has 0 heterocycles. The molecule has 0 amide bonds. The van der Waals surface area contributed by atoms with Crippen molar-refractivity contribution in [1.82, 2.24) is 0 Å². The van der Waals surface area contributed by atoms with Crippen molar-refractivity contribution in [3.63, 3.8) is 0 Å². The monoisotopic (exact) mass is 199 g/mol. The molecular formula is C15H19. The minimum atomic E-state index is 0.854. The van der Waals surface area contributed by atoms with Crippen LogP contribution in [-0.4, -0.2) is 0 Å². The van der Waals surface area contributed by atoms with E-state index in [9.17, 15) is 0 Å². The molecule has 1 radical (unpaired) electrons. The third-order valence-electron chi connectivity index (χ3n) is 3.99. The van der Waals surface area contributed by atoms with Crippen molar-refractivity contribution < 1.29 is 0 Å². The Bertz CT molecular complexity index is 308. The molecule has 2 saturated carbocycles. The maximum atomic E-state index is 2.66. The van der Waals surface area contributed by atoms with Crippen LogP contribution in [0.5, 0.6) is 0 Å². The standard InChI is InChI=1S/C15H19/c1-2-8-13(9-3-1)15-11-14(15)10-12-6-4-5-7-12/h1-3,8-10,12,14-15H,4-7,11H2/t14-,15+/m0/s1. The SMILES string of the molecule is [CH](C1CCCC1)[C@H]1C[C@@H]1c1ccccc1. The summed E-state index contributed by atoms with van der Waals surface area (Å²) in [6, 6.07) is 11.0. The smallest absolute Gasteiger partial charge is 0.0128 e. The zero-order chi connectivity index (χ0) is 10.1. The molecule has 3 rings (SSSR count). The zero-order valence-corrected chi connectivity index (χ0v) is 9.23. The molecule has 0 aromatic heterocycles. The second kappa shape index (κ2) is 4.00. The van der Waals surface area contributed by atoms with Gasteiger partial charge in [0.25, 0.3) is 0 Å². The molecule has 0 aliphatic heterocycles. The molecule has 0 spiro atoms. The van der Waals surface area contributed by atoms with Gasteiger partial charge in [-0.2, -0.15) is 0 Å². The van der Waals surface area contributed by atoms with Gasteiger partial charge in [0.05, 0.1) is 0 Å². The van der Waals surface area contributed by atoms with Crippen molar-refractivity contribution in [2.24, 2.45) is 11.8 Å². The summed E-state index contributed by atoms with van der Waals surface area (Å²) in [5.41, 5.74) is 1.55. The molecule has 0 nitrogen and oxygen atoms in total. The predicted molar refractivity (Wildman–Crippen MR) is 63.5 cm³/mol. The van der Waals surface area contributed by atoms with Crippen molar-refractivity contribution in [2.75, 3.05) is 0 Å². The van der Waals surface area contributed by atoms with Gasteiger partial charge in [-0.1, -0.05) is 56.0 Å². The van der Waals surface area contributed by atoms with Crippen LogP contribution in [0, 0.1) is 18.3 Å². The van der Waals surface area contributed by atoms with E-state index in [4.69, 9.17) is 0 Å². The maximum Gasteiger partial charge on any atom is -0.0128 e. The summed E-state index contributed by atoms with van der Waals surface area (Å²) in [4.78, 5) is 0. The van der Waals surface area contributed by atoms with Crippen molar-refractivity contribution in [1.29, 1.82) is 0 Å². The predicted octanol–water partition coefficient (Wildman–Crippen LogP) is 4.18. The number of hydrogen-bond acceptors (Lipinski definition) is 0. The fraction of sp³-hybridized carbons (Fsp3) is 0.533. The molecule has 1 aromatic rings. The van der Waals surface area contributed by atoms with E-state index in [1.54, 1.807) is 5.56 Å². The first kappa shape index (κ1) is 9.45. The number of hydrogen-bond donors (Lipinski definition) is 0. The first-order valence-corrected chi connectivity index (χ1v) is 6.33. The van der Waals surface area contributed by atoms with Crippen LogP contribution in [0.25, 0.3) is 0 Å². The Labute approximate surface area is 92.7 Å². The van der Waals surface area contributed by atoms with Gasteiger partial charge in [0.2, 0.25) is 0 Å². The van der Waals surface area contributed by atoms with Gasteiger partial charge in [0.15, 0.2) is 0 Å². The Morgan fingerprint density at radius 2 is 1.73 bits per heavy atom. The van der Waals surface area contributed by atoms with Gasteiger partial charge in [-0.05, 0) is 36.2 Å². The first-order valence-electron chi connectivity index (χ1n) is 6.33. The average Bonchev–Trinajstić information content (AvgIpc) is 2.84. The van der Waals surface area contributed by atoms with Gasteiger partial charge in [-0.15, -0.1) is 0 Å². The molecule has 0 unspecified atom stereocenters. The van der Waals surface area contributed by atoms with E-state index in [-0.39, 0.29) is 0 Å². The topological polar surface area (TPSA) is 0 Å². The van der Waals surface area contributed by atoms with E-state index in [1.807, 2.05) is 0 Å². The van der Waals surface area contributed by atoms with Crippen molar-refractivity contribution in [3.05, 3.63) is 42.3 Å². The molecule has 0 bridgehead atoms. The van der Waals surface area contributed by atoms with Gasteiger partial charge >= 0.3 is 0 Å². The quantitative estimate of drug-likeness (QED) is 0.685. The number of rotatable bonds is 3. The average molecular weight is 199 g/mol. The van der Waals surface area contributed by atoms with Gasteiger partial charge < -0.3 is 0 Å². The van der Waals surface area contributed by atoms with Crippen LogP contribution in [0.2, 0.25) is 0 Å². The summed E-state index contributed by atoms with van der Waals surface area (Å²) in [5, 5.41) is 0.